The number of carbonyl (C=O) groups excluding carboxylic acids is 3. The number of aromatic hydroxyl groups is 1. The maximum absolute atomic E-state index is 12.3. The number of aliphatic hydroxyl groups is 1. The van der Waals surface area contributed by atoms with Gasteiger partial charge in [-0.15, -0.1) is 0 Å². The zero-order valence-electron chi connectivity index (χ0n) is 16.3. The van der Waals surface area contributed by atoms with Crippen molar-refractivity contribution in [3.05, 3.63) is 29.8 Å². The number of hydrogen-bond acceptors (Lipinski definition) is 7. The van der Waals surface area contributed by atoms with Crippen LogP contribution in [0.25, 0.3) is 0 Å². The lowest BCUT2D eigenvalue weighted by Crippen LogP contribution is -2.55. The van der Waals surface area contributed by atoms with Gasteiger partial charge in [-0.05, 0) is 37.1 Å². The maximum atomic E-state index is 12.3. The van der Waals surface area contributed by atoms with E-state index in [1.54, 1.807) is 0 Å². The first-order valence-electron chi connectivity index (χ1n) is 9.52. The summed E-state index contributed by atoms with van der Waals surface area (Å²) in [5.41, 5.74) is 0.563. The molecule has 0 aliphatic carbocycles. The number of amides is 3. The Morgan fingerprint density at radius 3 is 2.37 bits per heavy atom. The molecule has 1 fully saturated rings. The molecule has 30 heavy (non-hydrogen) atoms. The van der Waals surface area contributed by atoms with Crippen LogP contribution in [-0.2, 0) is 25.6 Å². The Morgan fingerprint density at radius 1 is 1.10 bits per heavy atom. The van der Waals surface area contributed by atoms with Gasteiger partial charge in [0.05, 0.1) is 19.2 Å². The van der Waals surface area contributed by atoms with Crippen molar-refractivity contribution >= 4 is 23.7 Å². The van der Waals surface area contributed by atoms with Gasteiger partial charge >= 0.3 is 5.97 Å². The molecule has 7 N–H and O–H groups in total. The van der Waals surface area contributed by atoms with Gasteiger partial charge in [0.25, 0.3) is 0 Å². The summed E-state index contributed by atoms with van der Waals surface area (Å²) >= 11 is 0. The van der Waals surface area contributed by atoms with Crippen molar-refractivity contribution in [3.63, 3.8) is 0 Å². The molecular weight excluding hydrogens is 396 g/mol. The molecule has 3 atom stereocenters. The van der Waals surface area contributed by atoms with Gasteiger partial charge in [0, 0.05) is 6.42 Å². The zero-order valence-corrected chi connectivity index (χ0v) is 16.3. The first kappa shape index (κ1) is 23.1. The quantitative estimate of drug-likeness (QED) is 0.223. The number of nitrogens with one attached hydrogen (secondary N) is 4. The third kappa shape index (κ3) is 7.01. The summed E-state index contributed by atoms with van der Waals surface area (Å²) in [6.07, 6.45) is 1.48. The monoisotopic (exact) mass is 422 g/mol. The van der Waals surface area contributed by atoms with E-state index >= 15 is 0 Å². The predicted octanol–water partition coefficient (Wildman–Crippen LogP) is -2.15. The molecule has 0 aromatic heterocycles. The summed E-state index contributed by atoms with van der Waals surface area (Å²) in [5, 5.41) is 38.0. The average Bonchev–Trinajstić information content (AvgIpc) is 3.26. The lowest BCUT2D eigenvalue weighted by Gasteiger charge is -2.20. The number of aliphatic hydroxyl groups excluding tert-OH is 1. The van der Waals surface area contributed by atoms with E-state index in [4.69, 9.17) is 0 Å². The highest BCUT2D eigenvalue weighted by atomic mass is 16.4. The van der Waals surface area contributed by atoms with Gasteiger partial charge < -0.3 is 36.6 Å². The fourth-order valence-electron chi connectivity index (χ4n) is 2.98. The lowest BCUT2D eigenvalue weighted by atomic mass is 10.1. The molecule has 0 saturated carbocycles. The highest BCUT2D eigenvalue weighted by Gasteiger charge is 2.27. The SMILES string of the molecule is O=C(CNC(=O)C1CCCN1)NC(CO)C(=O)NC(Cc1ccc(O)cc1)C(=O)O. The van der Waals surface area contributed by atoms with E-state index in [-0.39, 0.29) is 30.7 Å². The number of rotatable bonds is 10. The molecule has 11 nitrogen and oxygen atoms in total. The minimum atomic E-state index is -1.37. The highest BCUT2D eigenvalue weighted by molar-refractivity contribution is 5.92. The van der Waals surface area contributed by atoms with Crippen LogP contribution in [0.15, 0.2) is 24.3 Å². The average molecular weight is 422 g/mol. The number of aliphatic carboxylic acids is 1. The van der Waals surface area contributed by atoms with E-state index in [0.29, 0.717) is 12.0 Å². The van der Waals surface area contributed by atoms with E-state index in [1.807, 2.05) is 0 Å². The van der Waals surface area contributed by atoms with Crippen molar-refractivity contribution in [2.75, 3.05) is 19.7 Å². The first-order chi connectivity index (χ1) is 14.3. The van der Waals surface area contributed by atoms with Crippen molar-refractivity contribution in [2.45, 2.75) is 37.4 Å². The van der Waals surface area contributed by atoms with Gasteiger partial charge in [-0.25, -0.2) is 4.79 Å². The van der Waals surface area contributed by atoms with Crippen LogP contribution in [0.2, 0.25) is 0 Å². The van der Waals surface area contributed by atoms with Gasteiger partial charge in [-0.2, -0.15) is 0 Å². The molecule has 3 amide bonds. The molecular formula is C19H26N4O7. The van der Waals surface area contributed by atoms with E-state index in [0.717, 1.165) is 13.0 Å². The summed E-state index contributed by atoms with van der Waals surface area (Å²) < 4.78 is 0. The predicted molar refractivity (Wildman–Crippen MR) is 104 cm³/mol. The van der Waals surface area contributed by atoms with E-state index in [1.165, 1.54) is 24.3 Å². The summed E-state index contributed by atoms with van der Waals surface area (Å²) in [4.78, 5) is 47.7. The molecule has 164 valence electrons. The fraction of sp³-hybridized carbons (Fsp3) is 0.474. The van der Waals surface area contributed by atoms with Crippen LogP contribution in [-0.4, -0.2) is 76.8 Å². The molecule has 11 heteroatoms. The number of benzene rings is 1. The Morgan fingerprint density at radius 2 is 1.80 bits per heavy atom. The number of carboxylic acids is 1. The summed E-state index contributed by atoms with van der Waals surface area (Å²) in [6, 6.07) is 2.78. The second kappa shape index (κ2) is 11.1. The van der Waals surface area contributed by atoms with Crippen LogP contribution < -0.4 is 21.3 Å². The molecule has 2 rings (SSSR count). The van der Waals surface area contributed by atoms with E-state index in [2.05, 4.69) is 21.3 Å². The molecule has 1 heterocycles. The Bertz CT molecular complexity index is 763. The highest BCUT2D eigenvalue weighted by Crippen LogP contribution is 2.11. The van der Waals surface area contributed by atoms with Crippen LogP contribution >= 0.6 is 0 Å². The van der Waals surface area contributed by atoms with Gasteiger partial charge in [0.2, 0.25) is 17.7 Å². The fourth-order valence-corrected chi connectivity index (χ4v) is 2.98. The maximum Gasteiger partial charge on any atom is 0.326 e. The van der Waals surface area contributed by atoms with Crippen molar-refractivity contribution in [2.24, 2.45) is 0 Å². The molecule has 0 spiro atoms. The van der Waals surface area contributed by atoms with Crippen LogP contribution in [0.3, 0.4) is 0 Å². The number of phenols is 1. The van der Waals surface area contributed by atoms with Gasteiger partial charge in [0.15, 0.2) is 0 Å². The van der Waals surface area contributed by atoms with Crippen LogP contribution in [0.1, 0.15) is 18.4 Å². The minimum absolute atomic E-state index is 0.0218. The Labute approximate surface area is 172 Å². The Hall–Kier alpha value is -3.18. The van der Waals surface area contributed by atoms with Crippen molar-refractivity contribution < 1.29 is 34.5 Å². The third-order valence-electron chi connectivity index (χ3n) is 4.63. The lowest BCUT2D eigenvalue weighted by molar-refractivity contribution is -0.142. The molecule has 1 aliphatic heterocycles. The largest absolute Gasteiger partial charge is 0.508 e. The first-order valence-corrected chi connectivity index (χ1v) is 9.52. The normalized spacial score (nSPS) is 17.6. The topological polar surface area (TPSA) is 177 Å². The van der Waals surface area contributed by atoms with Gasteiger partial charge in [-0.3, -0.25) is 14.4 Å². The summed E-state index contributed by atoms with van der Waals surface area (Å²) in [7, 11) is 0. The number of hydrogen-bond donors (Lipinski definition) is 7. The Balaban J connectivity index is 1.86. The Kier molecular flexibility index (Phi) is 8.56. The third-order valence-corrected chi connectivity index (χ3v) is 4.63. The minimum Gasteiger partial charge on any atom is -0.508 e. The van der Waals surface area contributed by atoms with Gasteiger partial charge in [-0.1, -0.05) is 12.1 Å². The van der Waals surface area contributed by atoms with E-state index < -0.39 is 36.5 Å². The molecule has 0 radical (unpaired) electrons. The van der Waals surface area contributed by atoms with E-state index in [9.17, 15) is 34.5 Å². The summed E-state index contributed by atoms with van der Waals surface area (Å²) in [6.45, 7) is -0.399. The number of carboxylic acid groups (broad SMARTS) is 1. The van der Waals surface area contributed by atoms with Gasteiger partial charge in [0.1, 0.15) is 17.8 Å². The van der Waals surface area contributed by atoms with Crippen LogP contribution in [0.4, 0.5) is 0 Å². The van der Waals surface area contributed by atoms with Crippen LogP contribution in [0.5, 0.6) is 5.75 Å². The van der Waals surface area contributed by atoms with Crippen molar-refractivity contribution in [3.8, 4) is 5.75 Å². The molecule has 3 unspecified atom stereocenters. The second-order valence-electron chi connectivity index (χ2n) is 6.94. The van der Waals surface area contributed by atoms with Crippen molar-refractivity contribution in [1.29, 1.82) is 0 Å². The number of carbonyl (C=O) groups is 4. The standard InChI is InChI=1S/C19H26N4O7/c24-10-15(22-16(26)9-21-17(27)13-2-1-7-20-13)18(28)23-14(19(29)30)8-11-3-5-12(25)6-4-11/h3-6,13-15,20,24-25H,1-2,7-10H2,(H,21,27)(H,22,26)(H,23,28)(H,29,30). The molecule has 1 aromatic rings. The molecule has 1 saturated heterocycles. The van der Waals surface area contributed by atoms with Crippen LogP contribution in [0, 0.1) is 0 Å². The van der Waals surface area contributed by atoms with Crippen molar-refractivity contribution in [1.82, 2.24) is 21.3 Å². The number of phenolic OH excluding ortho intramolecular Hbond substituents is 1. The summed E-state index contributed by atoms with van der Waals surface area (Å²) in [5.74, 6) is -3.17. The smallest absolute Gasteiger partial charge is 0.326 e. The molecule has 1 aromatic carbocycles. The molecule has 0 bridgehead atoms. The molecule has 1 aliphatic rings. The zero-order chi connectivity index (χ0) is 22.1. The second-order valence-corrected chi connectivity index (χ2v) is 6.94.